The van der Waals surface area contributed by atoms with Gasteiger partial charge in [-0.1, -0.05) is 72.8 Å². The first-order chi connectivity index (χ1) is 13.7. The summed E-state index contributed by atoms with van der Waals surface area (Å²) in [7, 11) is 0. The molecule has 150 valence electrons. The highest BCUT2D eigenvalue weighted by Crippen LogP contribution is 2.41. The number of carbonyl (C=O) groups is 2. The number of nitrogens with zero attached hydrogens (tertiary/aromatic N) is 1. The number of hydrogen-bond acceptors (Lipinski definition) is 4. The van der Waals surface area contributed by atoms with E-state index in [9.17, 15) is 9.59 Å². The minimum absolute atomic E-state index is 0. The number of amides is 1. The molecule has 0 saturated carbocycles. The van der Waals surface area contributed by atoms with Gasteiger partial charge in [-0.3, -0.25) is 9.69 Å². The average Bonchev–Trinajstić information content (AvgIpc) is 2.73. The van der Waals surface area contributed by atoms with Gasteiger partial charge in [-0.25, -0.2) is 4.79 Å². The summed E-state index contributed by atoms with van der Waals surface area (Å²) in [6.07, 6.45) is 3.73. The highest BCUT2D eigenvalue weighted by Gasteiger charge is 2.45. The Kier molecular flexibility index (Phi) is 6.83. The van der Waals surface area contributed by atoms with Crippen LogP contribution < -0.4 is 0 Å². The number of allylic oxidation sites excluding steroid dienone is 2. The highest BCUT2D eigenvalue weighted by atomic mass is 35.5. The van der Waals surface area contributed by atoms with Crippen LogP contribution in [0.25, 0.3) is 0 Å². The molecule has 0 bridgehead atoms. The lowest BCUT2D eigenvalue weighted by atomic mass is 10.0. The molecule has 2 aliphatic rings. The van der Waals surface area contributed by atoms with E-state index < -0.39 is 12.1 Å². The minimum Gasteiger partial charge on any atom is -0.448 e. The first-order valence-corrected chi connectivity index (χ1v) is 10.3. The second-order valence-electron chi connectivity index (χ2n) is 6.71. The molecule has 0 aromatic heterocycles. The number of thioether (sulfide) groups is 1. The van der Waals surface area contributed by atoms with Crippen molar-refractivity contribution in [3.63, 3.8) is 0 Å². The third-order valence-corrected chi connectivity index (χ3v) is 6.11. The fourth-order valence-corrected chi connectivity index (χ4v) is 4.74. The summed E-state index contributed by atoms with van der Waals surface area (Å²) in [4.78, 5) is 27.1. The van der Waals surface area contributed by atoms with Crippen molar-refractivity contribution in [2.24, 2.45) is 0 Å². The Bertz CT molecular complexity index is 904. The molecule has 4 nitrogen and oxygen atoms in total. The Morgan fingerprint density at radius 3 is 2.21 bits per heavy atom. The van der Waals surface area contributed by atoms with Crippen LogP contribution in [-0.2, 0) is 14.3 Å². The van der Waals surface area contributed by atoms with E-state index >= 15 is 0 Å². The zero-order chi connectivity index (χ0) is 19.5. The van der Waals surface area contributed by atoms with E-state index in [4.69, 9.17) is 4.74 Å². The summed E-state index contributed by atoms with van der Waals surface area (Å²) in [5.74, 6) is 0.219. The number of β-lactam (4-membered cyclic amide) rings is 1. The molecule has 2 aromatic carbocycles. The van der Waals surface area contributed by atoms with Crippen molar-refractivity contribution in [3.8, 4) is 0 Å². The van der Waals surface area contributed by atoms with Gasteiger partial charge in [0, 0.05) is 5.75 Å². The number of esters is 1. The Morgan fingerprint density at radius 2 is 1.69 bits per heavy atom. The molecule has 0 unspecified atom stereocenters. The molecule has 1 amide bonds. The SMILES string of the molecule is CC=CC1=C(C(=O)OC(c2ccccc2)c2ccccc2)N2C(=O)C[C@H]2SC1.Cl. The lowest BCUT2D eigenvalue weighted by molar-refractivity contribution is -0.151. The fraction of sp³-hybridized carbons (Fsp3) is 0.217. The van der Waals surface area contributed by atoms with Gasteiger partial charge >= 0.3 is 5.97 Å². The van der Waals surface area contributed by atoms with Gasteiger partial charge in [0.15, 0.2) is 6.10 Å². The van der Waals surface area contributed by atoms with Crippen LogP contribution in [0.4, 0.5) is 0 Å². The Balaban J connectivity index is 0.00000240. The first-order valence-electron chi connectivity index (χ1n) is 9.29. The molecule has 6 heteroatoms. The van der Waals surface area contributed by atoms with Gasteiger partial charge in [-0.15, -0.1) is 24.2 Å². The number of hydrogen-bond donors (Lipinski definition) is 0. The van der Waals surface area contributed by atoms with E-state index in [-0.39, 0.29) is 23.7 Å². The van der Waals surface area contributed by atoms with Gasteiger partial charge < -0.3 is 4.74 Å². The zero-order valence-corrected chi connectivity index (χ0v) is 17.6. The molecule has 0 N–H and O–H groups in total. The maximum atomic E-state index is 13.3. The predicted molar refractivity (Wildman–Crippen MR) is 118 cm³/mol. The van der Waals surface area contributed by atoms with Gasteiger partial charge in [0.2, 0.25) is 5.91 Å². The molecule has 4 rings (SSSR count). The third-order valence-electron chi connectivity index (χ3n) is 4.87. The molecule has 0 aliphatic carbocycles. The minimum atomic E-state index is -0.529. The summed E-state index contributed by atoms with van der Waals surface area (Å²) in [5.41, 5.74) is 3.01. The van der Waals surface area contributed by atoms with E-state index in [0.29, 0.717) is 17.9 Å². The van der Waals surface area contributed by atoms with Crippen LogP contribution in [0.15, 0.2) is 84.1 Å². The summed E-state index contributed by atoms with van der Waals surface area (Å²) in [5, 5.41) is 0.0379. The van der Waals surface area contributed by atoms with Gasteiger partial charge in [0.1, 0.15) is 5.70 Å². The van der Waals surface area contributed by atoms with Crippen molar-refractivity contribution in [2.45, 2.75) is 24.8 Å². The lowest BCUT2D eigenvalue weighted by Gasteiger charge is -2.44. The van der Waals surface area contributed by atoms with Crippen molar-refractivity contribution in [1.29, 1.82) is 0 Å². The van der Waals surface area contributed by atoms with Crippen molar-refractivity contribution in [2.75, 3.05) is 5.75 Å². The van der Waals surface area contributed by atoms with Crippen LogP contribution in [0.5, 0.6) is 0 Å². The molecule has 0 radical (unpaired) electrons. The van der Waals surface area contributed by atoms with Gasteiger partial charge in [0.05, 0.1) is 11.8 Å². The van der Waals surface area contributed by atoms with Gasteiger partial charge in [-0.2, -0.15) is 0 Å². The van der Waals surface area contributed by atoms with Gasteiger partial charge in [-0.05, 0) is 23.6 Å². The van der Waals surface area contributed by atoms with Crippen LogP contribution in [-0.4, -0.2) is 27.9 Å². The molecule has 2 heterocycles. The third kappa shape index (κ3) is 4.26. The normalized spacial score (nSPS) is 18.3. The van der Waals surface area contributed by atoms with E-state index in [1.54, 1.807) is 16.7 Å². The quantitative estimate of drug-likeness (QED) is 0.504. The van der Waals surface area contributed by atoms with Crippen LogP contribution in [0.1, 0.15) is 30.6 Å². The molecule has 0 spiro atoms. The predicted octanol–water partition coefficient (Wildman–Crippen LogP) is 4.88. The Morgan fingerprint density at radius 1 is 1.10 bits per heavy atom. The standard InChI is InChI=1S/C23H21NO3S.ClH/c1-2-9-18-15-28-20-14-19(25)24(20)21(18)23(26)27-22(16-10-5-3-6-11-16)17-12-7-4-8-13-17;/h2-13,20,22H,14-15H2,1H3;1H/t20-;/m1./s1. The first kappa shape index (κ1) is 21.2. The van der Waals surface area contributed by atoms with Crippen LogP contribution in [0.2, 0.25) is 0 Å². The van der Waals surface area contributed by atoms with E-state index in [2.05, 4.69) is 0 Å². The number of benzene rings is 2. The summed E-state index contributed by atoms with van der Waals surface area (Å²) in [6.45, 7) is 1.90. The molecule has 1 saturated heterocycles. The molecule has 29 heavy (non-hydrogen) atoms. The van der Waals surface area contributed by atoms with Crippen molar-refractivity contribution < 1.29 is 14.3 Å². The number of rotatable bonds is 5. The zero-order valence-electron chi connectivity index (χ0n) is 16.0. The van der Waals surface area contributed by atoms with E-state index in [1.807, 2.05) is 79.7 Å². The number of ether oxygens (including phenoxy) is 1. The second kappa shape index (κ2) is 9.33. The maximum Gasteiger partial charge on any atom is 0.356 e. The van der Waals surface area contributed by atoms with Crippen molar-refractivity contribution in [1.82, 2.24) is 4.90 Å². The number of fused-ring (bicyclic) bond motifs is 1. The van der Waals surface area contributed by atoms with Crippen molar-refractivity contribution in [3.05, 3.63) is 95.2 Å². The van der Waals surface area contributed by atoms with E-state index in [1.165, 1.54) is 0 Å². The number of halogens is 1. The molecular formula is C23H22ClNO3S. The second-order valence-corrected chi connectivity index (χ2v) is 7.88. The summed E-state index contributed by atoms with van der Waals surface area (Å²) < 4.78 is 6.01. The van der Waals surface area contributed by atoms with Crippen molar-refractivity contribution >= 4 is 36.0 Å². The lowest BCUT2D eigenvalue weighted by Crippen LogP contribution is -2.54. The molecule has 2 aromatic rings. The topological polar surface area (TPSA) is 46.6 Å². The maximum absolute atomic E-state index is 13.3. The highest BCUT2D eigenvalue weighted by molar-refractivity contribution is 8.00. The van der Waals surface area contributed by atoms with E-state index in [0.717, 1.165) is 16.7 Å². The Hall–Kier alpha value is -2.50. The van der Waals surface area contributed by atoms with Crippen LogP contribution in [0, 0.1) is 0 Å². The summed E-state index contributed by atoms with van der Waals surface area (Å²) >= 11 is 1.69. The molecule has 1 fully saturated rings. The molecule has 1 atom stereocenters. The van der Waals surface area contributed by atoms with Gasteiger partial charge in [0.25, 0.3) is 0 Å². The largest absolute Gasteiger partial charge is 0.448 e. The number of carbonyl (C=O) groups excluding carboxylic acids is 2. The Labute approximate surface area is 181 Å². The van der Waals surface area contributed by atoms with Crippen LogP contribution in [0.3, 0.4) is 0 Å². The molecule has 2 aliphatic heterocycles. The molecular weight excluding hydrogens is 406 g/mol. The fourth-order valence-electron chi connectivity index (χ4n) is 3.50. The monoisotopic (exact) mass is 427 g/mol. The van der Waals surface area contributed by atoms with Crippen LogP contribution >= 0.6 is 24.2 Å². The summed E-state index contributed by atoms with van der Waals surface area (Å²) in [6, 6.07) is 19.4. The average molecular weight is 428 g/mol. The smallest absolute Gasteiger partial charge is 0.356 e.